The number of pyridine rings is 1. The molecule has 1 saturated heterocycles. The van der Waals surface area contributed by atoms with Crippen molar-refractivity contribution < 1.29 is 24.2 Å². The van der Waals surface area contributed by atoms with Gasteiger partial charge in [0.25, 0.3) is 5.78 Å². The van der Waals surface area contributed by atoms with Gasteiger partial charge in [0.1, 0.15) is 17.3 Å². The highest BCUT2D eigenvalue weighted by Crippen LogP contribution is 2.44. The summed E-state index contributed by atoms with van der Waals surface area (Å²) in [5.74, 6) is -0.673. The number of thiazole rings is 1. The van der Waals surface area contributed by atoms with Crippen molar-refractivity contribution in [3.8, 4) is 11.5 Å². The van der Waals surface area contributed by atoms with E-state index < -0.39 is 17.7 Å². The number of aliphatic hydroxyl groups excluding tert-OH is 1. The molecule has 1 unspecified atom stereocenters. The molecule has 1 atom stereocenters. The number of hydrogen-bond acceptors (Lipinski definition) is 8. The summed E-state index contributed by atoms with van der Waals surface area (Å²) < 4.78 is 11.3. The van der Waals surface area contributed by atoms with Gasteiger partial charge in [-0.1, -0.05) is 23.5 Å². The number of rotatable bonds is 5. The number of anilines is 1. The van der Waals surface area contributed by atoms with Crippen LogP contribution < -0.4 is 14.4 Å². The summed E-state index contributed by atoms with van der Waals surface area (Å²) >= 11 is 1.27. The molecule has 0 bridgehead atoms. The number of fused-ring (bicyclic) bond motifs is 1. The smallest absolute Gasteiger partial charge is 0.301 e. The standard InChI is InChI=1S/C25H19N3O5S/c1-32-16-5-3-4-15(12-16)22(29)20-21(14-8-10-26-11-9-14)28(24(31)23(20)30)25-27-18-7-6-17(33-2)13-19(18)34-25/h3-13,21,29H,1-2H3/b22-20+. The monoisotopic (exact) mass is 473 g/mol. The second-order valence-electron chi connectivity index (χ2n) is 7.51. The predicted octanol–water partition coefficient (Wildman–Crippen LogP) is 4.33. The number of Topliss-reactive ketones (excluding diaryl/α,β-unsaturated/α-hetero) is 1. The zero-order valence-electron chi connectivity index (χ0n) is 18.3. The van der Waals surface area contributed by atoms with Gasteiger partial charge in [0, 0.05) is 18.0 Å². The number of carbonyl (C=O) groups is 2. The van der Waals surface area contributed by atoms with Crippen molar-refractivity contribution >= 4 is 44.1 Å². The van der Waals surface area contributed by atoms with E-state index in [9.17, 15) is 14.7 Å². The largest absolute Gasteiger partial charge is 0.507 e. The van der Waals surface area contributed by atoms with Crippen molar-refractivity contribution in [2.45, 2.75) is 6.04 Å². The van der Waals surface area contributed by atoms with E-state index in [4.69, 9.17) is 9.47 Å². The normalized spacial score (nSPS) is 17.4. The predicted molar refractivity (Wildman–Crippen MR) is 128 cm³/mol. The minimum Gasteiger partial charge on any atom is -0.507 e. The molecule has 0 spiro atoms. The van der Waals surface area contributed by atoms with Crippen LogP contribution in [0.5, 0.6) is 11.5 Å². The Hall–Kier alpha value is -4.24. The molecule has 3 heterocycles. The molecule has 1 fully saturated rings. The summed E-state index contributed by atoms with van der Waals surface area (Å²) in [6, 6.07) is 14.6. The first-order valence-corrected chi connectivity index (χ1v) is 11.1. The molecular weight excluding hydrogens is 454 g/mol. The Morgan fingerprint density at radius 2 is 1.74 bits per heavy atom. The first-order chi connectivity index (χ1) is 16.5. The van der Waals surface area contributed by atoms with Gasteiger partial charge < -0.3 is 14.6 Å². The van der Waals surface area contributed by atoms with E-state index in [0.717, 1.165) is 4.70 Å². The average molecular weight is 474 g/mol. The van der Waals surface area contributed by atoms with Crippen LogP contribution >= 0.6 is 11.3 Å². The molecule has 0 saturated carbocycles. The highest BCUT2D eigenvalue weighted by Gasteiger charge is 2.48. The third kappa shape index (κ3) is 3.56. The molecule has 5 rings (SSSR count). The zero-order valence-corrected chi connectivity index (χ0v) is 19.1. The molecule has 1 N–H and O–H groups in total. The third-order valence-electron chi connectivity index (χ3n) is 5.60. The lowest BCUT2D eigenvalue weighted by atomic mass is 9.96. The average Bonchev–Trinajstić information content (AvgIpc) is 3.41. The van der Waals surface area contributed by atoms with Gasteiger partial charge >= 0.3 is 5.91 Å². The van der Waals surface area contributed by atoms with E-state index in [0.29, 0.717) is 33.3 Å². The van der Waals surface area contributed by atoms with Crippen LogP contribution in [0.2, 0.25) is 0 Å². The minimum atomic E-state index is -0.878. The van der Waals surface area contributed by atoms with Crippen LogP contribution in [0.25, 0.3) is 16.0 Å². The molecule has 0 radical (unpaired) electrons. The number of aromatic nitrogens is 2. The fraction of sp³-hybridized carbons (Fsp3) is 0.120. The van der Waals surface area contributed by atoms with Gasteiger partial charge in [-0.2, -0.15) is 0 Å². The third-order valence-corrected chi connectivity index (χ3v) is 6.62. The van der Waals surface area contributed by atoms with Crippen molar-refractivity contribution in [3.63, 3.8) is 0 Å². The van der Waals surface area contributed by atoms with E-state index in [1.54, 1.807) is 68.0 Å². The van der Waals surface area contributed by atoms with Gasteiger partial charge in [0.05, 0.1) is 36.1 Å². The van der Waals surface area contributed by atoms with Crippen LogP contribution in [0.1, 0.15) is 17.2 Å². The number of hydrogen-bond donors (Lipinski definition) is 1. The maximum atomic E-state index is 13.3. The second-order valence-corrected chi connectivity index (χ2v) is 8.52. The van der Waals surface area contributed by atoms with Gasteiger partial charge in [-0.05, 0) is 48.0 Å². The highest BCUT2D eigenvalue weighted by atomic mass is 32.1. The Balaban J connectivity index is 1.71. The summed E-state index contributed by atoms with van der Waals surface area (Å²) in [4.78, 5) is 36.5. The SMILES string of the molecule is COc1cccc(/C(O)=C2\C(=O)C(=O)N(c3nc4ccc(OC)cc4s3)C2c2ccncc2)c1. The van der Waals surface area contributed by atoms with Crippen molar-refractivity contribution in [1.29, 1.82) is 0 Å². The van der Waals surface area contributed by atoms with E-state index in [1.165, 1.54) is 23.3 Å². The number of nitrogens with zero attached hydrogens (tertiary/aromatic N) is 3. The molecular formula is C25H19N3O5S. The van der Waals surface area contributed by atoms with Crippen LogP contribution in [0.3, 0.4) is 0 Å². The quantitative estimate of drug-likeness (QED) is 0.261. The maximum Gasteiger partial charge on any atom is 0.301 e. The lowest BCUT2D eigenvalue weighted by Gasteiger charge is -2.22. The Morgan fingerprint density at radius 3 is 2.47 bits per heavy atom. The maximum absolute atomic E-state index is 13.3. The van der Waals surface area contributed by atoms with E-state index >= 15 is 0 Å². The van der Waals surface area contributed by atoms with Crippen LogP contribution in [-0.2, 0) is 9.59 Å². The van der Waals surface area contributed by atoms with Crippen molar-refractivity contribution in [2.75, 3.05) is 19.1 Å². The Kier molecular flexibility index (Phi) is 5.46. The summed E-state index contributed by atoms with van der Waals surface area (Å²) in [6.07, 6.45) is 3.15. The van der Waals surface area contributed by atoms with Crippen molar-refractivity contribution in [1.82, 2.24) is 9.97 Å². The van der Waals surface area contributed by atoms with Crippen molar-refractivity contribution in [2.24, 2.45) is 0 Å². The molecule has 4 aromatic rings. The lowest BCUT2D eigenvalue weighted by molar-refractivity contribution is -0.132. The number of methoxy groups -OCH3 is 2. The summed E-state index contributed by atoms with van der Waals surface area (Å²) in [6.45, 7) is 0. The van der Waals surface area contributed by atoms with Crippen LogP contribution in [0.4, 0.5) is 5.13 Å². The van der Waals surface area contributed by atoms with Gasteiger partial charge in [-0.15, -0.1) is 0 Å². The van der Waals surface area contributed by atoms with E-state index in [2.05, 4.69) is 9.97 Å². The Labute approximate surface area is 198 Å². The van der Waals surface area contributed by atoms with Crippen LogP contribution in [-0.4, -0.2) is 41.0 Å². The number of ether oxygens (including phenoxy) is 2. The number of aliphatic hydroxyl groups is 1. The molecule has 0 aliphatic carbocycles. The lowest BCUT2D eigenvalue weighted by Crippen LogP contribution is -2.29. The fourth-order valence-electron chi connectivity index (χ4n) is 3.94. The van der Waals surface area contributed by atoms with Gasteiger partial charge in [-0.3, -0.25) is 19.5 Å². The van der Waals surface area contributed by atoms with Crippen molar-refractivity contribution in [3.05, 3.63) is 83.7 Å². The molecule has 9 heteroatoms. The van der Waals surface area contributed by atoms with Gasteiger partial charge in [-0.25, -0.2) is 4.98 Å². The number of ketones is 1. The Morgan fingerprint density at radius 1 is 1.00 bits per heavy atom. The van der Waals surface area contributed by atoms with Gasteiger partial charge in [0.2, 0.25) is 0 Å². The van der Waals surface area contributed by atoms with Gasteiger partial charge in [0.15, 0.2) is 5.13 Å². The minimum absolute atomic E-state index is 0.0266. The molecule has 2 aromatic carbocycles. The second kappa shape index (κ2) is 8.60. The fourth-order valence-corrected chi connectivity index (χ4v) is 4.96. The Bertz CT molecular complexity index is 1450. The summed E-state index contributed by atoms with van der Waals surface area (Å²) in [7, 11) is 3.08. The molecule has 1 aliphatic rings. The molecule has 170 valence electrons. The molecule has 1 aliphatic heterocycles. The first kappa shape index (κ1) is 21.6. The van der Waals surface area contributed by atoms with Crippen LogP contribution in [0.15, 0.2) is 72.6 Å². The topological polar surface area (TPSA) is 102 Å². The highest BCUT2D eigenvalue weighted by molar-refractivity contribution is 7.22. The summed E-state index contributed by atoms with van der Waals surface area (Å²) in [5, 5.41) is 11.6. The molecule has 2 aromatic heterocycles. The first-order valence-electron chi connectivity index (χ1n) is 10.3. The van der Waals surface area contributed by atoms with E-state index in [-0.39, 0.29) is 11.3 Å². The van der Waals surface area contributed by atoms with E-state index in [1.807, 2.05) is 6.07 Å². The zero-order chi connectivity index (χ0) is 23.8. The summed E-state index contributed by atoms with van der Waals surface area (Å²) in [5.41, 5.74) is 1.63. The molecule has 8 nitrogen and oxygen atoms in total. The number of benzene rings is 2. The molecule has 1 amide bonds. The molecule has 34 heavy (non-hydrogen) atoms. The van der Waals surface area contributed by atoms with Crippen LogP contribution in [0, 0.1) is 0 Å². The number of carbonyl (C=O) groups excluding carboxylic acids is 2. The number of amides is 1.